The number of hydrogen-bond donors (Lipinski definition) is 1. The van der Waals surface area contributed by atoms with Crippen molar-refractivity contribution in [2.24, 2.45) is 4.99 Å². The summed E-state index contributed by atoms with van der Waals surface area (Å²) in [6, 6.07) is 26.4. The van der Waals surface area contributed by atoms with Gasteiger partial charge >= 0.3 is 172 Å². The number of nitrogens with one attached hydrogen (secondary N) is 1. The van der Waals surface area contributed by atoms with Crippen molar-refractivity contribution >= 4 is 34.0 Å². The first kappa shape index (κ1) is 18.4. The maximum absolute atomic E-state index is 5.29. The van der Waals surface area contributed by atoms with Gasteiger partial charge in [0.15, 0.2) is 0 Å². The Morgan fingerprint density at radius 1 is 0.889 bits per heavy atom. The van der Waals surface area contributed by atoms with Gasteiger partial charge in [0.05, 0.1) is 0 Å². The van der Waals surface area contributed by atoms with E-state index >= 15 is 0 Å². The first-order valence-electron chi connectivity index (χ1n) is 9.41. The van der Waals surface area contributed by atoms with Crippen molar-refractivity contribution in [1.29, 1.82) is 0 Å². The van der Waals surface area contributed by atoms with E-state index in [1.807, 2.05) is 0 Å². The van der Waals surface area contributed by atoms with Crippen LogP contribution in [-0.2, 0) is 6.42 Å². The van der Waals surface area contributed by atoms with Gasteiger partial charge in [0, 0.05) is 0 Å². The van der Waals surface area contributed by atoms with Crippen LogP contribution in [0.2, 0.25) is 0 Å². The quantitative estimate of drug-likeness (QED) is 0.450. The summed E-state index contributed by atoms with van der Waals surface area (Å²) < 4.78 is 2.74. The van der Waals surface area contributed by atoms with Gasteiger partial charge in [-0.15, -0.1) is 0 Å². The van der Waals surface area contributed by atoms with Crippen LogP contribution in [0, 0.1) is 13.8 Å². The second-order valence-corrected chi connectivity index (χ2v) is 10.1. The third kappa shape index (κ3) is 4.17. The van der Waals surface area contributed by atoms with Crippen LogP contribution >= 0.6 is 0 Å². The molecule has 136 valence electrons. The van der Waals surface area contributed by atoms with Gasteiger partial charge in [-0.1, -0.05) is 0 Å². The summed E-state index contributed by atoms with van der Waals surface area (Å²) in [4.78, 5) is 5.29. The van der Waals surface area contributed by atoms with E-state index in [1.54, 1.807) is 0 Å². The van der Waals surface area contributed by atoms with E-state index in [1.165, 1.54) is 29.6 Å². The summed E-state index contributed by atoms with van der Waals surface area (Å²) >= 11 is -0.573. The Morgan fingerprint density at radius 3 is 2.37 bits per heavy atom. The molecular formula is C24H24N2Te. The van der Waals surface area contributed by atoms with Gasteiger partial charge in [-0.05, 0) is 0 Å². The van der Waals surface area contributed by atoms with E-state index in [9.17, 15) is 0 Å². The molecule has 1 aliphatic rings. The SMILES string of the molecule is Cc1cccc(C)c1N=C([Te]c1ccccc1)C1NCCc2ccccc21. The second-order valence-electron chi connectivity index (χ2n) is 6.94. The normalized spacial score (nSPS) is 16.8. The molecule has 0 amide bonds. The van der Waals surface area contributed by atoms with E-state index in [0.29, 0.717) is 0 Å². The van der Waals surface area contributed by atoms with Gasteiger partial charge in [-0.2, -0.15) is 0 Å². The van der Waals surface area contributed by atoms with Crippen molar-refractivity contribution in [3.63, 3.8) is 0 Å². The van der Waals surface area contributed by atoms with Crippen LogP contribution in [0.4, 0.5) is 5.69 Å². The zero-order chi connectivity index (χ0) is 18.6. The number of para-hydroxylation sites is 1. The first-order valence-corrected chi connectivity index (χ1v) is 11.7. The molecular weight excluding hydrogens is 444 g/mol. The molecule has 4 rings (SSSR count). The molecule has 3 aromatic rings. The van der Waals surface area contributed by atoms with Gasteiger partial charge in [0.25, 0.3) is 0 Å². The monoisotopic (exact) mass is 470 g/mol. The number of aryl methyl sites for hydroxylation is 2. The molecule has 0 spiro atoms. The van der Waals surface area contributed by atoms with E-state index < -0.39 is 20.9 Å². The molecule has 0 saturated carbocycles. The topological polar surface area (TPSA) is 24.4 Å². The number of aliphatic imine (C=N–C) groups is 1. The van der Waals surface area contributed by atoms with Gasteiger partial charge in [0.2, 0.25) is 0 Å². The molecule has 0 fully saturated rings. The number of hydrogen-bond acceptors (Lipinski definition) is 2. The number of rotatable bonds is 4. The average Bonchev–Trinajstić information content (AvgIpc) is 2.70. The van der Waals surface area contributed by atoms with Crippen molar-refractivity contribution in [3.8, 4) is 0 Å². The van der Waals surface area contributed by atoms with E-state index in [0.717, 1.165) is 18.7 Å². The molecule has 1 aliphatic heterocycles. The molecule has 1 heterocycles. The zero-order valence-corrected chi connectivity index (χ0v) is 18.1. The van der Waals surface area contributed by atoms with Crippen molar-refractivity contribution in [2.75, 3.05) is 6.54 Å². The van der Waals surface area contributed by atoms with Crippen molar-refractivity contribution in [1.82, 2.24) is 5.32 Å². The van der Waals surface area contributed by atoms with E-state index in [2.05, 4.69) is 92.0 Å². The molecule has 27 heavy (non-hydrogen) atoms. The van der Waals surface area contributed by atoms with Crippen LogP contribution in [0.15, 0.2) is 77.8 Å². The van der Waals surface area contributed by atoms with E-state index in [4.69, 9.17) is 4.99 Å². The Labute approximate surface area is 171 Å². The van der Waals surface area contributed by atoms with Crippen LogP contribution in [0.1, 0.15) is 28.3 Å². The van der Waals surface area contributed by atoms with Gasteiger partial charge in [0.1, 0.15) is 0 Å². The second kappa shape index (κ2) is 8.40. The molecule has 1 N–H and O–H groups in total. The van der Waals surface area contributed by atoms with Crippen molar-refractivity contribution in [3.05, 3.63) is 95.1 Å². The summed E-state index contributed by atoms with van der Waals surface area (Å²) in [5.74, 6) is 0. The van der Waals surface area contributed by atoms with Crippen LogP contribution < -0.4 is 8.93 Å². The third-order valence-electron chi connectivity index (χ3n) is 4.98. The van der Waals surface area contributed by atoms with Crippen LogP contribution in [0.25, 0.3) is 0 Å². The van der Waals surface area contributed by atoms with Crippen LogP contribution in [-0.4, -0.2) is 31.2 Å². The molecule has 0 saturated heterocycles. The van der Waals surface area contributed by atoms with Crippen LogP contribution in [0.3, 0.4) is 0 Å². The van der Waals surface area contributed by atoms with E-state index in [-0.39, 0.29) is 6.04 Å². The minimum absolute atomic E-state index is 0.219. The Balaban J connectivity index is 1.81. The van der Waals surface area contributed by atoms with Crippen LogP contribution in [0.5, 0.6) is 0 Å². The van der Waals surface area contributed by atoms with Gasteiger partial charge in [-0.3, -0.25) is 0 Å². The molecule has 1 unspecified atom stereocenters. The molecule has 2 nitrogen and oxygen atoms in total. The fraction of sp³-hybridized carbons (Fsp3) is 0.208. The standard InChI is InChI=1S/C24H24N2Te/c1-17-9-8-10-18(2)22(17)26-24(27-20-12-4-3-5-13-20)23-21-14-7-6-11-19(21)15-16-25-23/h3-14,23,25H,15-16H2,1-2H3. The fourth-order valence-electron chi connectivity index (χ4n) is 3.57. The summed E-state index contributed by atoms with van der Waals surface area (Å²) in [6.45, 7) is 5.33. The number of nitrogens with zero attached hydrogens (tertiary/aromatic N) is 1. The molecule has 3 heteroatoms. The zero-order valence-electron chi connectivity index (χ0n) is 15.8. The molecule has 3 aromatic carbocycles. The Bertz CT molecular complexity index is 943. The predicted molar refractivity (Wildman–Crippen MR) is 116 cm³/mol. The Morgan fingerprint density at radius 2 is 1.59 bits per heavy atom. The van der Waals surface area contributed by atoms with Gasteiger partial charge < -0.3 is 0 Å². The molecule has 1 atom stereocenters. The van der Waals surface area contributed by atoms with Gasteiger partial charge in [-0.25, -0.2) is 0 Å². The maximum atomic E-state index is 5.29. The summed E-state index contributed by atoms with van der Waals surface area (Å²) in [6.07, 6.45) is 1.09. The molecule has 0 bridgehead atoms. The fourth-order valence-corrected chi connectivity index (χ4v) is 6.43. The summed E-state index contributed by atoms with van der Waals surface area (Å²) in [7, 11) is 0. The Kier molecular flexibility index (Phi) is 5.74. The number of fused-ring (bicyclic) bond motifs is 1. The molecule has 0 aromatic heterocycles. The minimum atomic E-state index is -0.573. The summed E-state index contributed by atoms with van der Waals surface area (Å²) in [5.41, 5.74) is 6.48. The third-order valence-corrected chi connectivity index (χ3v) is 7.96. The van der Waals surface area contributed by atoms with Crippen molar-refractivity contribution in [2.45, 2.75) is 26.3 Å². The summed E-state index contributed by atoms with van der Waals surface area (Å²) in [5, 5.41) is 3.76. The average molecular weight is 468 g/mol. The predicted octanol–water partition coefficient (Wildman–Crippen LogP) is 4.25. The molecule has 0 aliphatic carbocycles. The Hall–Kier alpha value is -1.92. The number of benzene rings is 3. The van der Waals surface area contributed by atoms with Crippen molar-refractivity contribution < 1.29 is 0 Å². The molecule has 0 radical (unpaired) electrons. The first-order chi connectivity index (χ1) is 13.2.